The number of rotatable bonds is 9. The van der Waals surface area contributed by atoms with Crippen LogP contribution < -0.4 is 5.32 Å². The molecule has 0 heterocycles. The molecule has 0 fully saturated rings. The number of halogens is 2. The third-order valence-corrected chi connectivity index (χ3v) is 3.91. The van der Waals surface area contributed by atoms with Crippen LogP contribution in [0.5, 0.6) is 0 Å². The van der Waals surface area contributed by atoms with Crippen LogP contribution in [0.25, 0.3) is 0 Å². The summed E-state index contributed by atoms with van der Waals surface area (Å²) < 4.78 is 0. The number of unbranched alkanes of at least 4 members (excludes halogenated alkanes) is 1. The molecule has 0 saturated heterocycles. The lowest BCUT2D eigenvalue weighted by Gasteiger charge is -2.14. The molecular formula is C15H21Cl2NO2. The van der Waals surface area contributed by atoms with Crippen molar-refractivity contribution < 1.29 is 9.90 Å². The first kappa shape index (κ1) is 17.3. The van der Waals surface area contributed by atoms with Crippen molar-refractivity contribution in [2.45, 2.75) is 45.1 Å². The van der Waals surface area contributed by atoms with Crippen LogP contribution in [0.1, 0.15) is 38.2 Å². The summed E-state index contributed by atoms with van der Waals surface area (Å²) in [7, 11) is 0. The number of hydrogen-bond acceptors (Lipinski definition) is 2. The van der Waals surface area contributed by atoms with Gasteiger partial charge >= 0.3 is 5.97 Å². The summed E-state index contributed by atoms with van der Waals surface area (Å²) in [5.41, 5.74) is 0.929. The van der Waals surface area contributed by atoms with E-state index in [4.69, 9.17) is 28.3 Å². The Morgan fingerprint density at radius 1 is 1.30 bits per heavy atom. The first-order valence-corrected chi connectivity index (χ1v) is 7.71. The van der Waals surface area contributed by atoms with Crippen LogP contribution in [0.3, 0.4) is 0 Å². The Hall–Kier alpha value is -0.770. The van der Waals surface area contributed by atoms with Crippen LogP contribution in [-0.4, -0.2) is 23.7 Å². The third kappa shape index (κ3) is 5.70. The zero-order valence-corrected chi connectivity index (χ0v) is 13.2. The van der Waals surface area contributed by atoms with Gasteiger partial charge in [-0.15, -0.1) is 0 Å². The molecule has 3 nitrogen and oxygen atoms in total. The van der Waals surface area contributed by atoms with Gasteiger partial charge in [0.05, 0.1) is 0 Å². The van der Waals surface area contributed by atoms with Crippen molar-refractivity contribution in [3.63, 3.8) is 0 Å². The highest BCUT2D eigenvalue weighted by Gasteiger charge is 2.15. The number of nitrogens with one attached hydrogen (secondary N) is 1. The van der Waals surface area contributed by atoms with Gasteiger partial charge in [0.1, 0.15) is 6.04 Å². The third-order valence-electron chi connectivity index (χ3n) is 3.20. The van der Waals surface area contributed by atoms with Crippen molar-refractivity contribution in [1.29, 1.82) is 0 Å². The molecule has 20 heavy (non-hydrogen) atoms. The largest absolute Gasteiger partial charge is 0.480 e. The highest BCUT2D eigenvalue weighted by molar-refractivity contribution is 6.35. The Bertz CT molecular complexity index is 418. The molecule has 0 aliphatic heterocycles. The second-order valence-corrected chi connectivity index (χ2v) is 5.61. The van der Waals surface area contributed by atoms with E-state index in [-0.39, 0.29) is 0 Å². The van der Waals surface area contributed by atoms with Crippen LogP contribution in [0.15, 0.2) is 18.2 Å². The Labute approximate surface area is 130 Å². The van der Waals surface area contributed by atoms with E-state index in [9.17, 15) is 4.79 Å². The molecule has 1 aromatic rings. The van der Waals surface area contributed by atoms with Gasteiger partial charge in [-0.1, -0.05) is 49.0 Å². The highest BCUT2D eigenvalue weighted by Crippen LogP contribution is 2.25. The molecule has 1 rings (SSSR count). The van der Waals surface area contributed by atoms with E-state index in [0.717, 1.165) is 31.2 Å². The Morgan fingerprint density at radius 2 is 1.95 bits per heavy atom. The van der Waals surface area contributed by atoms with Gasteiger partial charge in [-0.05, 0) is 43.5 Å². The lowest BCUT2D eigenvalue weighted by molar-refractivity contribution is -0.139. The van der Waals surface area contributed by atoms with Gasteiger partial charge in [0, 0.05) is 10.0 Å². The van der Waals surface area contributed by atoms with Crippen molar-refractivity contribution in [2.24, 2.45) is 0 Å². The number of carboxylic acids is 1. The maximum Gasteiger partial charge on any atom is 0.320 e. The molecule has 0 aliphatic carbocycles. The predicted molar refractivity (Wildman–Crippen MR) is 83.7 cm³/mol. The van der Waals surface area contributed by atoms with E-state index in [2.05, 4.69) is 12.2 Å². The molecule has 0 radical (unpaired) electrons. The lowest BCUT2D eigenvalue weighted by Crippen LogP contribution is -2.37. The average molecular weight is 318 g/mol. The van der Waals surface area contributed by atoms with E-state index in [1.807, 2.05) is 18.2 Å². The Morgan fingerprint density at radius 3 is 2.50 bits per heavy atom. The van der Waals surface area contributed by atoms with E-state index in [1.54, 1.807) is 0 Å². The van der Waals surface area contributed by atoms with Crippen LogP contribution in [0.2, 0.25) is 10.0 Å². The summed E-state index contributed by atoms with van der Waals surface area (Å²) in [6.07, 6.45) is 4.13. The second-order valence-electron chi connectivity index (χ2n) is 4.79. The fourth-order valence-corrected chi connectivity index (χ4v) is 2.62. The Kier molecular flexibility index (Phi) is 7.97. The summed E-state index contributed by atoms with van der Waals surface area (Å²) in [5, 5.41) is 13.5. The van der Waals surface area contributed by atoms with E-state index in [0.29, 0.717) is 23.0 Å². The molecule has 1 atom stereocenters. The second kappa shape index (κ2) is 9.22. The number of carbonyl (C=O) groups is 1. The van der Waals surface area contributed by atoms with Gasteiger partial charge < -0.3 is 10.4 Å². The molecule has 0 saturated carbocycles. The van der Waals surface area contributed by atoms with E-state index in [1.165, 1.54) is 0 Å². The first-order chi connectivity index (χ1) is 9.56. The van der Waals surface area contributed by atoms with Crippen LogP contribution in [0.4, 0.5) is 0 Å². The maximum atomic E-state index is 11.1. The minimum atomic E-state index is -0.783. The molecule has 0 spiro atoms. The van der Waals surface area contributed by atoms with Gasteiger partial charge in [0.15, 0.2) is 0 Å². The zero-order chi connectivity index (χ0) is 15.0. The van der Waals surface area contributed by atoms with Gasteiger partial charge in [-0.3, -0.25) is 4.79 Å². The van der Waals surface area contributed by atoms with Gasteiger partial charge in [-0.2, -0.15) is 0 Å². The molecule has 0 amide bonds. The fourth-order valence-electron chi connectivity index (χ4n) is 2.03. The number of hydrogen-bond donors (Lipinski definition) is 2. The molecule has 1 unspecified atom stereocenters. The van der Waals surface area contributed by atoms with Crippen molar-refractivity contribution >= 4 is 29.2 Å². The monoisotopic (exact) mass is 317 g/mol. The predicted octanol–water partition coefficient (Wildman–Crippen LogP) is 4.16. The fraction of sp³-hybridized carbons (Fsp3) is 0.533. The maximum absolute atomic E-state index is 11.1. The molecule has 2 N–H and O–H groups in total. The molecular weight excluding hydrogens is 297 g/mol. The summed E-state index contributed by atoms with van der Waals surface area (Å²) in [5.74, 6) is -0.783. The molecule has 0 bridgehead atoms. The van der Waals surface area contributed by atoms with Crippen molar-refractivity contribution in [3.05, 3.63) is 33.8 Å². The summed E-state index contributed by atoms with van der Waals surface area (Å²) in [4.78, 5) is 11.1. The van der Waals surface area contributed by atoms with Gasteiger partial charge in [0.2, 0.25) is 0 Å². The Balaban J connectivity index is 2.38. The summed E-state index contributed by atoms with van der Waals surface area (Å²) >= 11 is 12.2. The normalized spacial score (nSPS) is 12.3. The zero-order valence-electron chi connectivity index (χ0n) is 11.7. The molecule has 5 heteroatoms. The van der Waals surface area contributed by atoms with Crippen LogP contribution in [0, 0.1) is 0 Å². The van der Waals surface area contributed by atoms with Crippen LogP contribution in [-0.2, 0) is 11.2 Å². The molecule has 0 aliphatic rings. The molecule has 1 aromatic carbocycles. The number of carboxylic acid groups (broad SMARTS) is 1. The standard InChI is InChI=1S/C15H21Cl2NO2/c1-2-3-9-14(15(19)20)18-10-5-6-11-12(16)7-4-8-13(11)17/h4,7-8,14,18H,2-3,5-6,9-10H2,1H3,(H,19,20). The van der Waals surface area contributed by atoms with Gasteiger partial charge in [-0.25, -0.2) is 0 Å². The number of benzene rings is 1. The SMILES string of the molecule is CCCCC(NCCCc1c(Cl)cccc1Cl)C(=O)O. The molecule has 112 valence electrons. The van der Waals surface area contributed by atoms with Crippen LogP contribution >= 0.6 is 23.2 Å². The van der Waals surface area contributed by atoms with E-state index < -0.39 is 12.0 Å². The topological polar surface area (TPSA) is 49.3 Å². The smallest absolute Gasteiger partial charge is 0.320 e. The summed E-state index contributed by atoms with van der Waals surface area (Å²) in [6.45, 7) is 2.69. The van der Waals surface area contributed by atoms with Gasteiger partial charge in [0.25, 0.3) is 0 Å². The quantitative estimate of drug-likeness (QED) is 0.672. The first-order valence-electron chi connectivity index (χ1n) is 6.95. The molecule has 0 aromatic heterocycles. The minimum absolute atomic E-state index is 0.461. The number of aliphatic carboxylic acids is 1. The van der Waals surface area contributed by atoms with Crippen molar-refractivity contribution in [1.82, 2.24) is 5.32 Å². The summed E-state index contributed by atoms with van der Waals surface area (Å²) in [6, 6.07) is 4.99. The highest BCUT2D eigenvalue weighted by atomic mass is 35.5. The van der Waals surface area contributed by atoms with Crippen molar-refractivity contribution in [2.75, 3.05) is 6.54 Å². The lowest BCUT2D eigenvalue weighted by atomic mass is 10.1. The van der Waals surface area contributed by atoms with Crippen molar-refractivity contribution in [3.8, 4) is 0 Å². The minimum Gasteiger partial charge on any atom is -0.480 e. The average Bonchev–Trinajstić information content (AvgIpc) is 2.40. The van der Waals surface area contributed by atoms with E-state index >= 15 is 0 Å².